The molecule has 9 nitrogen and oxygen atoms in total. The van der Waals surface area contributed by atoms with Gasteiger partial charge in [0.05, 0.1) is 11.5 Å². The quantitative estimate of drug-likeness (QED) is 0.276. The molecule has 192 valence electrons. The van der Waals surface area contributed by atoms with E-state index in [1.54, 1.807) is 12.1 Å². The van der Waals surface area contributed by atoms with Crippen molar-refractivity contribution in [2.24, 2.45) is 5.14 Å². The Kier molecular flexibility index (Phi) is 8.73. The van der Waals surface area contributed by atoms with Gasteiger partial charge in [0.1, 0.15) is 25.1 Å². The molecule has 11 heteroatoms. The van der Waals surface area contributed by atoms with Gasteiger partial charge in [0.25, 0.3) is 0 Å². The zero-order valence-corrected chi connectivity index (χ0v) is 22.8. The number of fused-ring (bicyclic) bond motifs is 1. The summed E-state index contributed by atoms with van der Waals surface area (Å²) in [7, 11) is -3.73. The Morgan fingerprint density at radius 3 is 2.54 bits per heavy atom. The second-order valence-corrected chi connectivity index (χ2v) is 16.9. The number of nitrogens with zero attached hydrogens (tertiary/aromatic N) is 2. The molecule has 0 saturated heterocycles. The topological polar surface area (TPSA) is 126 Å². The molecule has 2 heterocycles. The zero-order chi connectivity index (χ0) is 25.8. The van der Waals surface area contributed by atoms with E-state index >= 15 is 0 Å². The van der Waals surface area contributed by atoms with Crippen LogP contribution in [0.5, 0.6) is 5.88 Å². The summed E-state index contributed by atoms with van der Waals surface area (Å²) in [4.78, 5) is 4.71. The highest BCUT2D eigenvalue weighted by molar-refractivity contribution is 7.89. The predicted molar refractivity (Wildman–Crippen MR) is 139 cm³/mol. The molecule has 3 rings (SSSR count). The molecule has 0 amide bonds. The molecule has 0 aliphatic heterocycles. The number of aliphatic hydroxyl groups excluding tert-OH is 1. The van der Waals surface area contributed by atoms with Crippen molar-refractivity contribution in [1.29, 1.82) is 0 Å². The van der Waals surface area contributed by atoms with Crippen LogP contribution < -0.4 is 9.88 Å². The number of pyridine rings is 1. The number of aromatic nitrogens is 2. The van der Waals surface area contributed by atoms with E-state index in [0.717, 1.165) is 17.0 Å². The van der Waals surface area contributed by atoms with Crippen molar-refractivity contribution in [2.75, 3.05) is 26.9 Å². The minimum Gasteiger partial charge on any atom is -0.474 e. The van der Waals surface area contributed by atoms with Crippen molar-refractivity contribution in [1.82, 2.24) is 9.55 Å². The van der Waals surface area contributed by atoms with Gasteiger partial charge in [-0.05, 0) is 37.2 Å². The zero-order valence-electron chi connectivity index (χ0n) is 20.9. The van der Waals surface area contributed by atoms with Crippen molar-refractivity contribution in [3.63, 3.8) is 0 Å². The van der Waals surface area contributed by atoms with Gasteiger partial charge in [-0.1, -0.05) is 31.3 Å². The monoisotopic (exact) mass is 521 g/mol. The number of ether oxygens (including phenoxy) is 3. The van der Waals surface area contributed by atoms with Gasteiger partial charge >= 0.3 is 0 Å². The van der Waals surface area contributed by atoms with E-state index in [1.807, 2.05) is 29.8 Å². The molecule has 2 aromatic heterocycles. The van der Waals surface area contributed by atoms with E-state index in [-0.39, 0.29) is 24.0 Å². The third kappa shape index (κ3) is 7.12. The third-order valence-corrected chi connectivity index (χ3v) is 8.28. The van der Waals surface area contributed by atoms with E-state index in [1.165, 1.54) is 13.2 Å². The van der Waals surface area contributed by atoms with Crippen LogP contribution >= 0.6 is 0 Å². The lowest BCUT2D eigenvalue weighted by Crippen LogP contribution is -2.24. The molecule has 35 heavy (non-hydrogen) atoms. The molecular formula is C24H35N3O6SSi. The molecule has 0 fully saturated rings. The number of nitrogens with two attached hydrogens (primary N) is 1. The number of hydrogen-bond acceptors (Lipinski definition) is 7. The summed E-state index contributed by atoms with van der Waals surface area (Å²) >= 11 is 0. The van der Waals surface area contributed by atoms with Crippen LogP contribution in [-0.4, -0.2) is 64.2 Å². The van der Waals surface area contributed by atoms with Crippen molar-refractivity contribution < 1.29 is 27.7 Å². The van der Waals surface area contributed by atoms with Gasteiger partial charge in [-0.3, -0.25) is 0 Å². The lowest BCUT2D eigenvalue weighted by Gasteiger charge is -2.18. The second kappa shape index (κ2) is 11.2. The summed E-state index contributed by atoms with van der Waals surface area (Å²) in [6.07, 6.45) is 1.31. The van der Waals surface area contributed by atoms with Gasteiger partial charge in [0.2, 0.25) is 15.9 Å². The van der Waals surface area contributed by atoms with E-state index in [2.05, 4.69) is 19.6 Å². The first kappa shape index (κ1) is 27.3. The van der Waals surface area contributed by atoms with Gasteiger partial charge in [0.15, 0.2) is 0 Å². The highest BCUT2D eigenvalue weighted by Crippen LogP contribution is 2.36. The van der Waals surface area contributed by atoms with Crippen molar-refractivity contribution in [3.05, 3.63) is 42.1 Å². The largest absolute Gasteiger partial charge is 0.474 e. The Balaban J connectivity index is 2.06. The molecule has 0 radical (unpaired) electrons. The Hall–Kier alpha value is -2.28. The first-order chi connectivity index (χ1) is 16.4. The number of methoxy groups -OCH3 is 1. The predicted octanol–water partition coefficient (Wildman–Crippen LogP) is 3.36. The molecule has 0 spiro atoms. The lowest BCUT2D eigenvalue weighted by atomic mass is 10.0. The number of hydrogen-bond donors (Lipinski definition) is 2. The van der Waals surface area contributed by atoms with Crippen LogP contribution in [0.4, 0.5) is 0 Å². The number of rotatable bonds is 12. The Morgan fingerprint density at radius 1 is 1.17 bits per heavy atom. The van der Waals surface area contributed by atoms with Crippen molar-refractivity contribution in [3.8, 4) is 17.0 Å². The summed E-state index contributed by atoms with van der Waals surface area (Å²) in [6, 6.07) is 9.71. The molecule has 3 aromatic rings. The van der Waals surface area contributed by atoms with Gasteiger partial charge < -0.3 is 23.9 Å². The normalized spacial score (nSPS) is 13.3. The van der Waals surface area contributed by atoms with E-state index in [4.69, 9.17) is 24.3 Å². The first-order valence-electron chi connectivity index (χ1n) is 11.4. The minimum atomic E-state index is -4.00. The molecule has 1 aromatic carbocycles. The minimum absolute atomic E-state index is 0.0198. The van der Waals surface area contributed by atoms with Gasteiger partial charge in [-0.15, -0.1) is 0 Å². The molecule has 0 saturated carbocycles. The highest BCUT2D eigenvalue weighted by atomic mass is 32.2. The number of aryl methyl sites for hydroxylation is 1. The Morgan fingerprint density at radius 2 is 1.91 bits per heavy atom. The molecule has 0 bridgehead atoms. The van der Waals surface area contributed by atoms with Crippen LogP contribution in [0.15, 0.2) is 41.4 Å². The van der Waals surface area contributed by atoms with E-state index < -0.39 is 24.2 Å². The van der Waals surface area contributed by atoms with Crippen molar-refractivity contribution in [2.45, 2.75) is 50.3 Å². The lowest BCUT2D eigenvalue weighted by molar-refractivity contribution is 0.0155. The number of aliphatic hydroxyl groups is 1. The summed E-state index contributed by atoms with van der Waals surface area (Å²) in [6.45, 7) is 9.57. The number of primary sulfonamides is 1. The molecule has 0 aliphatic carbocycles. The highest BCUT2D eigenvalue weighted by Gasteiger charge is 2.22. The third-order valence-electron chi connectivity index (χ3n) is 5.60. The molecule has 0 aliphatic rings. The SMILES string of the molecule is COC(CO)COc1nc2c(ccn2COCC[Si](C)(C)C)cc1-c1cc(C)ccc1S(N)(=O)=O. The maximum atomic E-state index is 12.3. The molecule has 3 N–H and O–H groups in total. The summed E-state index contributed by atoms with van der Waals surface area (Å²) in [5, 5.41) is 15.8. The average Bonchev–Trinajstić information content (AvgIpc) is 3.17. The first-order valence-corrected chi connectivity index (χ1v) is 16.7. The number of benzene rings is 1. The molecule has 1 atom stereocenters. The molecule has 1 unspecified atom stereocenters. The Labute approximate surface area is 207 Å². The molecular weight excluding hydrogens is 486 g/mol. The van der Waals surface area contributed by atoms with Crippen LogP contribution in [0.25, 0.3) is 22.2 Å². The smallest absolute Gasteiger partial charge is 0.238 e. The maximum Gasteiger partial charge on any atom is 0.238 e. The fourth-order valence-electron chi connectivity index (χ4n) is 3.51. The fourth-order valence-corrected chi connectivity index (χ4v) is 5.00. The van der Waals surface area contributed by atoms with E-state index in [9.17, 15) is 13.5 Å². The fraction of sp³-hybridized carbons (Fsp3) is 0.458. The Bertz CT molecular complexity index is 1270. The number of sulfonamides is 1. The van der Waals surface area contributed by atoms with Gasteiger partial charge in [-0.25, -0.2) is 13.6 Å². The van der Waals surface area contributed by atoms with Crippen LogP contribution in [0, 0.1) is 6.92 Å². The summed E-state index contributed by atoms with van der Waals surface area (Å²) in [5.41, 5.74) is 2.38. The van der Waals surface area contributed by atoms with Crippen LogP contribution in [0.1, 0.15) is 5.56 Å². The van der Waals surface area contributed by atoms with Crippen LogP contribution in [0.2, 0.25) is 25.7 Å². The summed E-state index contributed by atoms with van der Waals surface area (Å²) in [5.74, 6) is 0.213. The van der Waals surface area contributed by atoms with Crippen LogP contribution in [0.3, 0.4) is 0 Å². The van der Waals surface area contributed by atoms with E-state index in [0.29, 0.717) is 30.1 Å². The second-order valence-electron chi connectivity index (χ2n) is 9.78. The van der Waals surface area contributed by atoms with Gasteiger partial charge in [-0.2, -0.15) is 4.98 Å². The van der Waals surface area contributed by atoms with Gasteiger partial charge in [0, 0.05) is 44.5 Å². The van der Waals surface area contributed by atoms with Crippen molar-refractivity contribution >= 4 is 29.1 Å². The average molecular weight is 522 g/mol. The van der Waals surface area contributed by atoms with Crippen LogP contribution in [-0.2, 0) is 26.2 Å². The standard InChI is InChI=1S/C24H35N3O6SSi/c1-17-6-7-22(34(25,29)30)20(12-17)21-13-18-8-9-27(16-32-10-11-35(3,4)5)23(18)26-24(21)33-15-19(14-28)31-2/h6-9,12-13,19,28H,10-11,14-16H2,1-5H3,(H2,25,29,30). The maximum absolute atomic E-state index is 12.3. The summed E-state index contributed by atoms with van der Waals surface area (Å²) < 4.78 is 43.6.